The van der Waals surface area contributed by atoms with E-state index in [1.54, 1.807) is 0 Å². The minimum absolute atomic E-state index is 0.116. The van der Waals surface area contributed by atoms with Gasteiger partial charge in [0.1, 0.15) is 22.3 Å². The minimum Gasteiger partial charge on any atom is -0.456 e. The molecule has 0 saturated carbocycles. The summed E-state index contributed by atoms with van der Waals surface area (Å²) in [5.41, 5.74) is 14.4. The van der Waals surface area contributed by atoms with E-state index in [1.807, 2.05) is 18.2 Å². The van der Waals surface area contributed by atoms with Gasteiger partial charge in [0.2, 0.25) is 0 Å². The zero-order valence-corrected chi connectivity index (χ0v) is 28.9. The van der Waals surface area contributed by atoms with Crippen molar-refractivity contribution in [2.24, 2.45) is 0 Å². The van der Waals surface area contributed by atoms with Gasteiger partial charge in [-0.25, -0.2) is 0 Å². The van der Waals surface area contributed by atoms with Crippen LogP contribution in [0, 0.1) is 0 Å². The quantitative estimate of drug-likeness (QED) is 0.187. The maximum Gasteiger partial charge on any atom is 0.136 e. The van der Waals surface area contributed by atoms with Crippen molar-refractivity contribution in [3.8, 4) is 22.3 Å². The Morgan fingerprint density at radius 3 is 1.87 bits per heavy atom. The molecular weight excluding hydrogens is 635 g/mol. The summed E-state index contributed by atoms with van der Waals surface area (Å²) < 4.78 is 12.7. The van der Waals surface area contributed by atoms with Crippen LogP contribution < -0.4 is 4.90 Å². The summed E-state index contributed by atoms with van der Waals surface area (Å²) in [7, 11) is 0. The van der Waals surface area contributed by atoms with E-state index >= 15 is 0 Å². The van der Waals surface area contributed by atoms with Gasteiger partial charge in [-0.15, -0.1) is 0 Å². The normalized spacial score (nSPS) is 13.3. The molecular formula is C49H33NO2. The summed E-state index contributed by atoms with van der Waals surface area (Å²) >= 11 is 0. The number of benzene rings is 8. The van der Waals surface area contributed by atoms with Crippen molar-refractivity contribution in [3.05, 3.63) is 175 Å². The molecule has 1 aliphatic carbocycles. The standard InChI is InChI=1S/C49H33NO2/c1-49(2)41-16-8-5-13-36(41)37-25-23-34(29-42(37)49)50(33-24-26-45-40(28-33)38-14-6-9-17-43(38)51-45)32-21-19-30(20-22-32)47-35-12-4-3-11-31(35)27-46-48(47)39-15-7-10-18-44(39)52-46/h3-29H,1-2H3. The van der Waals surface area contributed by atoms with Crippen LogP contribution in [0.5, 0.6) is 0 Å². The molecule has 0 unspecified atom stereocenters. The summed E-state index contributed by atoms with van der Waals surface area (Å²) in [5, 5.41) is 6.88. The lowest BCUT2D eigenvalue weighted by molar-refractivity contribution is 0.660. The van der Waals surface area contributed by atoms with Gasteiger partial charge in [-0.2, -0.15) is 0 Å². The minimum atomic E-state index is -0.116. The molecule has 11 rings (SSSR count). The van der Waals surface area contributed by atoms with Crippen LogP contribution in [0.25, 0.3) is 76.9 Å². The van der Waals surface area contributed by atoms with E-state index in [0.717, 1.165) is 71.9 Å². The molecule has 0 N–H and O–H groups in total. The number of furan rings is 2. The molecule has 0 spiro atoms. The highest BCUT2D eigenvalue weighted by Crippen LogP contribution is 2.51. The molecule has 52 heavy (non-hydrogen) atoms. The van der Waals surface area contributed by atoms with Gasteiger partial charge < -0.3 is 13.7 Å². The number of fused-ring (bicyclic) bond motifs is 10. The van der Waals surface area contributed by atoms with Gasteiger partial charge in [0.25, 0.3) is 0 Å². The molecule has 2 heterocycles. The topological polar surface area (TPSA) is 29.5 Å². The maximum absolute atomic E-state index is 6.42. The molecule has 1 aliphatic rings. The van der Waals surface area contributed by atoms with Gasteiger partial charge in [0, 0.05) is 49.6 Å². The average molecular weight is 668 g/mol. The van der Waals surface area contributed by atoms with Crippen molar-refractivity contribution in [2.45, 2.75) is 19.3 Å². The Labute approximate surface area is 301 Å². The number of anilines is 3. The van der Waals surface area contributed by atoms with Crippen LogP contribution in [0.3, 0.4) is 0 Å². The second-order valence-electron chi connectivity index (χ2n) is 14.5. The number of hydrogen-bond acceptors (Lipinski definition) is 3. The smallest absolute Gasteiger partial charge is 0.136 e. The van der Waals surface area contributed by atoms with Crippen molar-refractivity contribution in [1.82, 2.24) is 0 Å². The van der Waals surface area contributed by atoms with Crippen molar-refractivity contribution in [1.29, 1.82) is 0 Å². The molecule has 0 bridgehead atoms. The SMILES string of the molecule is CC1(C)c2ccccc2-c2ccc(N(c3ccc(-c4c5ccccc5cc5oc6ccccc6c45)cc3)c3ccc4oc5ccccc5c4c3)cc21. The van der Waals surface area contributed by atoms with Gasteiger partial charge in [-0.05, 0) is 99.3 Å². The van der Waals surface area contributed by atoms with Gasteiger partial charge >= 0.3 is 0 Å². The summed E-state index contributed by atoms with van der Waals surface area (Å²) in [6.45, 7) is 4.68. The molecule has 0 aliphatic heterocycles. The molecule has 2 aromatic heterocycles. The van der Waals surface area contributed by atoms with E-state index in [-0.39, 0.29) is 5.41 Å². The third kappa shape index (κ3) is 4.14. The fraction of sp³-hybridized carbons (Fsp3) is 0.0612. The third-order valence-electron chi connectivity index (χ3n) is 11.2. The highest BCUT2D eigenvalue weighted by Gasteiger charge is 2.35. The second kappa shape index (κ2) is 10.7. The summed E-state index contributed by atoms with van der Waals surface area (Å²) in [6.07, 6.45) is 0. The Kier molecular flexibility index (Phi) is 6.01. The van der Waals surface area contributed by atoms with Gasteiger partial charge in [-0.1, -0.05) is 117 Å². The van der Waals surface area contributed by atoms with Crippen molar-refractivity contribution < 1.29 is 8.83 Å². The van der Waals surface area contributed by atoms with Crippen LogP contribution in [0.1, 0.15) is 25.0 Å². The summed E-state index contributed by atoms with van der Waals surface area (Å²) in [5.74, 6) is 0. The van der Waals surface area contributed by atoms with E-state index in [1.165, 1.54) is 33.2 Å². The van der Waals surface area contributed by atoms with Crippen molar-refractivity contribution in [3.63, 3.8) is 0 Å². The van der Waals surface area contributed by atoms with Gasteiger partial charge in [0.15, 0.2) is 0 Å². The molecule has 3 heteroatoms. The molecule has 10 aromatic rings. The Morgan fingerprint density at radius 1 is 0.423 bits per heavy atom. The number of para-hydroxylation sites is 2. The molecule has 3 nitrogen and oxygen atoms in total. The number of nitrogens with zero attached hydrogens (tertiary/aromatic N) is 1. The van der Waals surface area contributed by atoms with E-state index in [4.69, 9.17) is 8.83 Å². The zero-order chi connectivity index (χ0) is 34.6. The fourth-order valence-corrected chi connectivity index (χ4v) is 8.76. The van der Waals surface area contributed by atoms with E-state index in [0.29, 0.717) is 0 Å². The Bertz CT molecular complexity index is 3050. The lowest BCUT2D eigenvalue weighted by atomic mass is 9.82. The first kappa shape index (κ1) is 29.2. The zero-order valence-electron chi connectivity index (χ0n) is 28.9. The summed E-state index contributed by atoms with van der Waals surface area (Å²) in [6, 6.07) is 58.8. The van der Waals surface area contributed by atoms with E-state index < -0.39 is 0 Å². The Balaban J connectivity index is 1.12. The average Bonchev–Trinajstić information content (AvgIpc) is 3.82. The molecule has 0 saturated heterocycles. The van der Waals surface area contributed by atoms with Crippen LogP contribution in [0.4, 0.5) is 17.1 Å². The first-order chi connectivity index (χ1) is 25.5. The third-order valence-corrected chi connectivity index (χ3v) is 11.2. The lowest BCUT2D eigenvalue weighted by Crippen LogP contribution is -2.16. The van der Waals surface area contributed by atoms with Crippen LogP contribution in [0.15, 0.2) is 173 Å². The molecule has 0 amide bonds. The predicted molar refractivity (Wildman–Crippen MR) is 216 cm³/mol. The number of rotatable bonds is 4. The van der Waals surface area contributed by atoms with Crippen LogP contribution in [-0.2, 0) is 5.41 Å². The van der Waals surface area contributed by atoms with Gasteiger partial charge in [-0.3, -0.25) is 0 Å². The predicted octanol–water partition coefficient (Wildman–Crippen LogP) is 14.1. The highest BCUT2D eigenvalue weighted by molar-refractivity contribution is 6.20. The number of hydrogen-bond donors (Lipinski definition) is 0. The molecule has 0 atom stereocenters. The molecule has 0 radical (unpaired) electrons. The van der Waals surface area contributed by atoms with Crippen LogP contribution in [-0.4, -0.2) is 0 Å². The van der Waals surface area contributed by atoms with Crippen LogP contribution in [0.2, 0.25) is 0 Å². The molecule has 8 aromatic carbocycles. The van der Waals surface area contributed by atoms with E-state index in [2.05, 4.69) is 164 Å². The monoisotopic (exact) mass is 667 g/mol. The Hall–Kier alpha value is -6.58. The molecule has 0 fully saturated rings. The largest absolute Gasteiger partial charge is 0.456 e. The first-order valence-electron chi connectivity index (χ1n) is 17.9. The molecule has 246 valence electrons. The fourth-order valence-electron chi connectivity index (χ4n) is 8.76. The summed E-state index contributed by atoms with van der Waals surface area (Å²) in [4.78, 5) is 2.39. The highest BCUT2D eigenvalue weighted by atomic mass is 16.3. The maximum atomic E-state index is 6.42. The Morgan fingerprint density at radius 2 is 1.02 bits per heavy atom. The second-order valence-corrected chi connectivity index (χ2v) is 14.5. The van der Waals surface area contributed by atoms with Crippen molar-refractivity contribution in [2.75, 3.05) is 4.90 Å². The first-order valence-corrected chi connectivity index (χ1v) is 17.9. The van der Waals surface area contributed by atoms with Crippen LogP contribution >= 0.6 is 0 Å². The van der Waals surface area contributed by atoms with Crippen molar-refractivity contribution >= 4 is 71.7 Å². The van der Waals surface area contributed by atoms with E-state index in [9.17, 15) is 0 Å². The lowest BCUT2D eigenvalue weighted by Gasteiger charge is -2.28. The van der Waals surface area contributed by atoms with Gasteiger partial charge in [0.05, 0.1) is 0 Å².